The van der Waals surface area contributed by atoms with E-state index in [0.717, 1.165) is 3.57 Å². The summed E-state index contributed by atoms with van der Waals surface area (Å²) < 4.78 is 0.882. The maximum absolute atomic E-state index is 12.1. The van der Waals surface area contributed by atoms with E-state index in [9.17, 15) is 4.79 Å². The molecule has 0 radical (unpaired) electrons. The van der Waals surface area contributed by atoms with Crippen LogP contribution < -0.4 is 11.1 Å². The predicted octanol–water partition coefficient (Wildman–Crippen LogP) is 3.78. The number of benzene rings is 2. The molecule has 0 unspecified atom stereocenters. The Hall–Kier alpha value is -1.27. The molecule has 3 nitrogen and oxygen atoms in total. The molecule has 0 heterocycles. The Morgan fingerprint density at radius 3 is 2.67 bits per heavy atom. The fourth-order valence-corrected chi connectivity index (χ4v) is 2.27. The number of hydrogen-bond acceptors (Lipinski definition) is 2. The number of halogens is 2. The highest BCUT2D eigenvalue weighted by Gasteiger charge is 2.11. The second kappa shape index (κ2) is 5.58. The van der Waals surface area contributed by atoms with Crippen LogP contribution in [0.4, 0.5) is 11.4 Å². The van der Waals surface area contributed by atoms with E-state index in [1.54, 1.807) is 24.3 Å². The molecule has 2 rings (SSSR count). The molecule has 0 aliphatic heterocycles. The number of nitrogens with one attached hydrogen (secondary N) is 1. The third kappa shape index (κ3) is 2.94. The summed E-state index contributed by atoms with van der Waals surface area (Å²) in [6, 6.07) is 12.3. The van der Waals surface area contributed by atoms with Crippen molar-refractivity contribution < 1.29 is 4.79 Å². The van der Waals surface area contributed by atoms with E-state index in [0.29, 0.717) is 22.0 Å². The summed E-state index contributed by atoms with van der Waals surface area (Å²) in [5, 5.41) is 3.21. The average Bonchev–Trinajstić information content (AvgIpc) is 2.34. The molecular formula is C13H10ClIN2O. The van der Waals surface area contributed by atoms with Crippen molar-refractivity contribution in [2.24, 2.45) is 0 Å². The summed E-state index contributed by atoms with van der Waals surface area (Å²) in [4.78, 5) is 12.1. The van der Waals surface area contributed by atoms with E-state index < -0.39 is 0 Å². The molecule has 0 fully saturated rings. The zero-order valence-electron chi connectivity index (χ0n) is 9.28. The standard InChI is InChI=1S/C13H10ClIN2O/c14-10-6-5-8(16)7-12(10)17-13(18)9-3-1-2-4-11(9)15/h1-7H,16H2,(H,17,18). The zero-order valence-corrected chi connectivity index (χ0v) is 12.2. The highest BCUT2D eigenvalue weighted by molar-refractivity contribution is 14.1. The maximum atomic E-state index is 12.1. The van der Waals surface area contributed by atoms with Crippen LogP contribution >= 0.6 is 34.2 Å². The number of amides is 1. The molecular weight excluding hydrogens is 363 g/mol. The zero-order chi connectivity index (χ0) is 13.1. The van der Waals surface area contributed by atoms with Crippen molar-refractivity contribution >= 4 is 51.5 Å². The van der Waals surface area contributed by atoms with Gasteiger partial charge in [0.2, 0.25) is 0 Å². The van der Waals surface area contributed by atoms with Crippen LogP contribution in [0.5, 0.6) is 0 Å². The molecule has 0 aromatic heterocycles. The van der Waals surface area contributed by atoms with Crippen LogP contribution in [0, 0.1) is 3.57 Å². The first kappa shape index (κ1) is 13.2. The van der Waals surface area contributed by atoms with Crippen molar-refractivity contribution in [3.05, 3.63) is 56.6 Å². The largest absolute Gasteiger partial charge is 0.399 e. The minimum atomic E-state index is -0.201. The molecule has 0 aliphatic rings. The summed E-state index contributed by atoms with van der Waals surface area (Å²) in [5.41, 5.74) is 7.34. The fraction of sp³-hybridized carbons (Fsp3) is 0. The lowest BCUT2D eigenvalue weighted by molar-refractivity contribution is 0.102. The smallest absolute Gasteiger partial charge is 0.256 e. The van der Waals surface area contributed by atoms with Gasteiger partial charge in [-0.05, 0) is 52.9 Å². The SMILES string of the molecule is Nc1ccc(Cl)c(NC(=O)c2ccccc2I)c1. The van der Waals surface area contributed by atoms with E-state index >= 15 is 0 Å². The molecule has 0 aliphatic carbocycles. The van der Waals surface area contributed by atoms with Crippen molar-refractivity contribution in [3.63, 3.8) is 0 Å². The van der Waals surface area contributed by atoms with Crippen LogP contribution in [0.1, 0.15) is 10.4 Å². The molecule has 18 heavy (non-hydrogen) atoms. The Balaban J connectivity index is 2.27. The molecule has 1 amide bonds. The number of carbonyl (C=O) groups is 1. The normalized spacial score (nSPS) is 10.1. The van der Waals surface area contributed by atoms with Crippen molar-refractivity contribution in [1.29, 1.82) is 0 Å². The van der Waals surface area contributed by atoms with Crippen LogP contribution in [0.15, 0.2) is 42.5 Å². The van der Waals surface area contributed by atoms with Gasteiger partial charge < -0.3 is 11.1 Å². The van der Waals surface area contributed by atoms with E-state index in [1.165, 1.54) is 0 Å². The van der Waals surface area contributed by atoms with Gasteiger partial charge >= 0.3 is 0 Å². The topological polar surface area (TPSA) is 55.1 Å². The third-order valence-electron chi connectivity index (χ3n) is 2.36. The van der Waals surface area contributed by atoms with Gasteiger partial charge in [-0.25, -0.2) is 0 Å². The monoisotopic (exact) mass is 372 g/mol. The third-order valence-corrected chi connectivity index (χ3v) is 3.63. The van der Waals surface area contributed by atoms with Crippen LogP contribution in [0.3, 0.4) is 0 Å². The Bertz CT molecular complexity index is 601. The summed E-state index contributed by atoms with van der Waals surface area (Å²) in [6.45, 7) is 0. The lowest BCUT2D eigenvalue weighted by Gasteiger charge is -2.09. The number of nitrogens with two attached hydrogens (primary N) is 1. The Labute approximate surface area is 123 Å². The molecule has 0 saturated carbocycles. The van der Waals surface area contributed by atoms with Crippen molar-refractivity contribution in [1.82, 2.24) is 0 Å². The minimum absolute atomic E-state index is 0.201. The number of rotatable bonds is 2. The first-order chi connectivity index (χ1) is 8.58. The first-order valence-electron chi connectivity index (χ1n) is 5.19. The fourth-order valence-electron chi connectivity index (χ4n) is 1.47. The van der Waals surface area contributed by atoms with Gasteiger partial charge in [-0.15, -0.1) is 0 Å². The Kier molecular flexibility index (Phi) is 4.08. The van der Waals surface area contributed by atoms with E-state index in [2.05, 4.69) is 27.9 Å². The quantitative estimate of drug-likeness (QED) is 0.623. The second-order valence-corrected chi connectivity index (χ2v) is 5.24. The molecule has 0 bridgehead atoms. The van der Waals surface area contributed by atoms with Gasteiger partial charge in [-0.1, -0.05) is 23.7 Å². The van der Waals surface area contributed by atoms with Gasteiger partial charge in [-0.2, -0.15) is 0 Å². The molecule has 2 aromatic rings. The number of hydrogen-bond donors (Lipinski definition) is 2. The minimum Gasteiger partial charge on any atom is -0.399 e. The molecule has 0 saturated heterocycles. The Morgan fingerprint density at radius 1 is 1.22 bits per heavy atom. The van der Waals surface area contributed by atoms with Gasteiger partial charge in [0.15, 0.2) is 0 Å². The van der Waals surface area contributed by atoms with Crippen LogP contribution in [-0.4, -0.2) is 5.91 Å². The van der Waals surface area contributed by atoms with Gasteiger partial charge in [-0.3, -0.25) is 4.79 Å². The summed E-state index contributed by atoms with van der Waals surface area (Å²) >= 11 is 8.11. The van der Waals surface area contributed by atoms with Gasteiger partial charge in [0.05, 0.1) is 16.3 Å². The highest BCUT2D eigenvalue weighted by Crippen LogP contribution is 2.25. The molecule has 0 atom stereocenters. The number of carbonyl (C=O) groups excluding carboxylic acids is 1. The first-order valence-corrected chi connectivity index (χ1v) is 6.64. The molecule has 5 heteroatoms. The van der Waals surface area contributed by atoms with Crippen molar-refractivity contribution in [2.45, 2.75) is 0 Å². The summed E-state index contributed by atoms with van der Waals surface area (Å²) in [6.07, 6.45) is 0. The summed E-state index contributed by atoms with van der Waals surface area (Å²) in [7, 11) is 0. The molecule has 0 spiro atoms. The van der Waals surface area contributed by atoms with Gasteiger partial charge in [0, 0.05) is 9.26 Å². The van der Waals surface area contributed by atoms with Gasteiger partial charge in [0.1, 0.15) is 0 Å². The summed E-state index contributed by atoms with van der Waals surface area (Å²) in [5.74, 6) is -0.201. The molecule has 92 valence electrons. The number of anilines is 2. The Morgan fingerprint density at radius 2 is 1.94 bits per heavy atom. The highest BCUT2D eigenvalue weighted by atomic mass is 127. The lowest BCUT2D eigenvalue weighted by Crippen LogP contribution is -2.13. The lowest BCUT2D eigenvalue weighted by atomic mass is 10.2. The number of nitrogen functional groups attached to an aromatic ring is 1. The maximum Gasteiger partial charge on any atom is 0.256 e. The van der Waals surface area contributed by atoms with E-state index in [4.69, 9.17) is 17.3 Å². The average molecular weight is 373 g/mol. The van der Waals surface area contributed by atoms with Crippen molar-refractivity contribution in [3.8, 4) is 0 Å². The van der Waals surface area contributed by atoms with Gasteiger partial charge in [0.25, 0.3) is 5.91 Å². The predicted molar refractivity (Wildman–Crippen MR) is 83.0 cm³/mol. The molecule has 3 N–H and O–H groups in total. The van der Waals surface area contributed by atoms with Crippen LogP contribution in [-0.2, 0) is 0 Å². The molecule has 2 aromatic carbocycles. The second-order valence-electron chi connectivity index (χ2n) is 3.67. The van der Waals surface area contributed by atoms with Crippen LogP contribution in [0.25, 0.3) is 0 Å². The van der Waals surface area contributed by atoms with Crippen molar-refractivity contribution in [2.75, 3.05) is 11.1 Å². The van der Waals surface area contributed by atoms with E-state index in [-0.39, 0.29) is 5.91 Å². The van der Waals surface area contributed by atoms with Crippen LogP contribution in [0.2, 0.25) is 5.02 Å². The van der Waals surface area contributed by atoms with E-state index in [1.807, 2.05) is 18.2 Å².